The van der Waals surface area contributed by atoms with Crippen molar-refractivity contribution in [3.05, 3.63) is 0 Å². The molecule has 0 rings (SSSR count). The minimum Gasteiger partial charge on any atom is -0.396 e. The smallest absolute Gasteiger partial charge is 0.159 e. The van der Waals surface area contributed by atoms with Gasteiger partial charge in [-0.25, -0.2) is 0 Å². The zero-order valence-electron chi connectivity index (χ0n) is 7.91. The second-order valence-corrected chi connectivity index (χ2v) is 3.08. The highest BCUT2D eigenvalue weighted by Crippen LogP contribution is 2.17. The summed E-state index contributed by atoms with van der Waals surface area (Å²) in [5, 5.41) is 18.2. The maximum Gasteiger partial charge on any atom is 0.159 e. The molecule has 0 saturated heterocycles. The molecule has 0 aromatic heterocycles. The highest BCUT2D eigenvalue weighted by atomic mass is 16.7. The summed E-state index contributed by atoms with van der Waals surface area (Å²) in [6.45, 7) is 1.61. The van der Waals surface area contributed by atoms with Gasteiger partial charge < -0.3 is 19.7 Å². The van der Waals surface area contributed by atoms with Gasteiger partial charge >= 0.3 is 0 Å². The number of ether oxygens (including phenoxy) is 2. The highest BCUT2D eigenvalue weighted by Gasteiger charge is 2.24. The van der Waals surface area contributed by atoms with E-state index in [0.29, 0.717) is 12.8 Å². The van der Waals surface area contributed by atoms with Crippen LogP contribution in [0.5, 0.6) is 0 Å². The highest BCUT2D eigenvalue weighted by molar-refractivity contribution is 4.73. The van der Waals surface area contributed by atoms with Gasteiger partial charge in [0, 0.05) is 27.2 Å². The molecule has 0 fully saturated rings. The predicted molar refractivity (Wildman–Crippen MR) is 44.7 cm³/mol. The lowest BCUT2D eigenvalue weighted by atomic mass is 10.1. The van der Waals surface area contributed by atoms with Crippen LogP contribution in [-0.2, 0) is 9.47 Å². The van der Waals surface area contributed by atoms with Crippen LogP contribution in [0.25, 0.3) is 0 Å². The average Bonchev–Trinajstić information content (AvgIpc) is 2.00. The van der Waals surface area contributed by atoms with Gasteiger partial charge in [0.2, 0.25) is 0 Å². The summed E-state index contributed by atoms with van der Waals surface area (Å²) in [6, 6.07) is 0. The Morgan fingerprint density at radius 2 is 1.83 bits per heavy atom. The molecule has 12 heavy (non-hydrogen) atoms. The Kier molecular flexibility index (Phi) is 5.41. The number of aliphatic hydroxyl groups excluding tert-OH is 1. The van der Waals surface area contributed by atoms with Gasteiger partial charge in [0.25, 0.3) is 0 Å². The maximum absolute atomic E-state index is 9.63. The molecule has 2 N–H and O–H groups in total. The summed E-state index contributed by atoms with van der Waals surface area (Å²) in [5.74, 6) is 0. The van der Waals surface area contributed by atoms with E-state index in [-0.39, 0.29) is 6.61 Å². The van der Waals surface area contributed by atoms with Gasteiger partial charge in [0.05, 0.1) is 5.60 Å². The fourth-order valence-electron chi connectivity index (χ4n) is 0.965. The van der Waals surface area contributed by atoms with E-state index in [9.17, 15) is 5.11 Å². The SMILES string of the molecule is COC(CC(C)(O)[13CH2]CO)OC. The van der Waals surface area contributed by atoms with E-state index in [2.05, 4.69) is 0 Å². The molecule has 74 valence electrons. The second kappa shape index (κ2) is 5.48. The van der Waals surface area contributed by atoms with Gasteiger partial charge in [0.1, 0.15) is 0 Å². The quantitative estimate of drug-likeness (QED) is 0.449. The molecule has 0 aliphatic rings. The van der Waals surface area contributed by atoms with Gasteiger partial charge in [-0.2, -0.15) is 0 Å². The Balaban J connectivity index is 3.84. The van der Waals surface area contributed by atoms with Gasteiger partial charge in [-0.1, -0.05) is 0 Å². The lowest BCUT2D eigenvalue weighted by Crippen LogP contribution is -2.32. The minimum atomic E-state index is -0.925. The summed E-state index contributed by atoms with van der Waals surface area (Å²) in [6.07, 6.45) is 0.281. The van der Waals surface area contributed by atoms with Crippen molar-refractivity contribution in [2.75, 3.05) is 20.8 Å². The largest absolute Gasteiger partial charge is 0.396 e. The van der Waals surface area contributed by atoms with E-state index in [4.69, 9.17) is 14.6 Å². The van der Waals surface area contributed by atoms with E-state index in [1.165, 1.54) is 14.2 Å². The molecule has 0 spiro atoms. The molecule has 0 heterocycles. The van der Waals surface area contributed by atoms with E-state index in [1.54, 1.807) is 6.92 Å². The van der Waals surface area contributed by atoms with Crippen molar-refractivity contribution in [1.82, 2.24) is 0 Å². The van der Waals surface area contributed by atoms with Crippen LogP contribution < -0.4 is 0 Å². The number of rotatable bonds is 6. The zero-order valence-corrected chi connectivity index (χ0v) is 7.91. The van der Waals surface area contributed by atoms with Gasteiger partial charge in [-0.15, -0.1) is 0 Å². The third-order valence-electron chi connectivity index (χ3n) is 1.78. The van der Waals surface area contributed by atoms with Gasteiger partial charge in [-0.3, -0.25) is 0 Å². The lowest BCUT2D eigenvalue weighted by Gasteiger charge is -2.26. The van der Waals surface area contributed by atoms with Crippen LogP contribution in [-0.4, -0.2) is 42.9 Å². The van der Waals surface area contributed by atoms with Crippen LogP contribution in [0.1, 0.15) is 19.8 Å². The summed E-state index contributed by atoms with van der Waals surface area (Å²) < 4.78 is 9.84. The molecular weight excluding hydrogens is 161 g/mol. The van der Waals surface area contributed by atoms with E-state index < -0.39 is 11.9 Å². The normalized spacial score (nSPS) is 16.5. The van der Waals surface area contributed by atoms with Gasteiger partial charge in [0.15, 0.2) is 6.29 Å². The zero-order chi connectivity index (χ0) is 9.61. The lowest BCUT2D eigenvalue weighted by molar-refractivity contribution is -0.142. The van der Waals surface area contributed by atoms with E-state index in [1.807, 2.05) is 0 Å². The molecular formula is C8H18O4. The summed E-state index contributed by atoms with van der Waals surface area (Å²) in [5.41, 5.74) is -0.925. The standard InChI is InChI=1S/C8H18O4/c1-8(10,4-5-9)6-7(11-2)12-3/h7,9-10H,4-6H2,1-3H3/i4+1. The van der Waals surface area contributed by atoms with Crippen molar-refractivity contribution >= 4 is 0 Å². The summed E-state index contributed by atoms with van der Waals surface area (Å²) in [4.78, 5) is 0. The molecule has 0 aliphatic carbocycles. The minimum absolute atomic E-state index is 0.0346. The molecule has 4 nitrogen and oxygen atoms in total. The molecule has 0 radical (unpaired) electrons. The van der Waals surface area contributed by atoms with Crippen molar-refractivity contribution in [3.8, 4) is 0 Å². The van der Waals surface area contributed by atoms with E-state index in [0.717, 1.165) is 0 Å². The van der Waals surface area contributed by atoms with Crippen LogP contribution in [0.4, 0.5) is 0 Å². The predicted octanol–water partition coefficient (Wildman–Crippen LogP) is 0.129. The molecule has 0 aromatic carbocycles. The summed E-state index contributed by atoms with van der Waals surface area (Å²) in [7, 11) is 3.03. The molecule has 0 amide bonds. The fraction of sp³-hybridized carbons (Fsp3) is 1.00. The first-order chi connectivity index (χ1) is 5.55. The number of methoxy groups -OCH3 is 2. The third-order valence-corrected chi connectivity index (χ3v) is 1.78. The van der Waals surface area contributed by atoms with Crippen molar-refractivity contribution in [1.29, 1.82) is 0 Å². The molecule has 1 unspecified atom stereocenters. The molecule has 0 saturated carbocycles. The Labute approximate surface area is 73.1 Å². The Hall–Kier alpha value is -0.160. The van der Waals surface area contributed by atoms with E-state index >= 15 is 0 Å². The van der Waals surface area contributed by atoms with Crippen LogP contribution in [0.3, 0.4) is 0 Å². The molecule has 4 heteroatoms. The van der Waals surface area contributed by atoms with Crippen molar-refractivity contribution in [3.63, 3.8) is 0 Å². The Morgan fingerprint density at radius 1 is 1.33 bits per heavy atom. The molecule has 1 atom stereocenters. The number of hydrogen-bond acceptors (Lipinski definition) is 4. The number of aliphatic hydroxyl groups is 2. The average molecular weight is 179 g/mol. The van der Waals surface area contributed by atoms with Crippen molar-refractivity contribution in [2.24, 2.45) is 0 Å². The second-order valence-electron chi connectivity index (χ2n) is 3.08. The van der Waals surface area contributed by atoms with Crippen LogP contribution >= 0.6 is 0 Å². The summed E-state index contributed by atoms with van der Waals surface area (Å²) >= 11 is 0. The maximum atomic E-state index is 9.63. The first-order valence-electron chi connectivity index (χ1n) is 3.94. The van der Waals surface area contributed by atoms with Crippen molar-refractivity contribution in [2.45, 2.75) is 31.7 Å². The Bertz CT molecular complexity index is 110. The molecule has 0 aliphatic heterocycles. The Morgan fingerprint density at radius 3 is 2.17 bits per heavy atom. The fourth-order valence-corrected chi connectivity index (χ4v) is 0.965. The van der Waals surface area contributed by atoms with Crippen LogP contribution in [0, 0.1) is 0 Å². The van der Waals surface area contributed by atoms with Crippen LogP contribution in [0.2, 0.25) is 0 Å². The first-order valence-corrected chi connectivity index (χ1v) is 3.94. The third kappa shape index (κ3) is 4.66. The molecule has 0 bridgehead atoms. The number of hydrogen-bond donors (Lipinski definition) is 2. The topological polar surface area (TPSA) is 58.9 Å². The monoisotopic (exact) mass is 179 g/mol. The van der Waals surface area contributed by atoms with Crippen LogP contribution in [0.15, 0.2) is 0 Å². The van der Waals surface area contributed by atoms with Crippen molar-refractivity contribution < 1.29 is 19.7 Å². The first kappa shape index (κ1) is 11.8. The van der Waals surface area contributed by atoms with Gasteiger partial charge in [-0.05, 0) is 13.3 Å². The molecule has 0 aromatic rings.